The highest BCUT2D eigenvalue weighted by Crippen LogP contribution is 2.13. The van der Waals surface area contributed by atoms with Crippen molar-refractivity contribution in [2.45, 2.75) is 19.8 Å². The number of rotatable bonds is 5. The Labute approximate surface area is 95.0 Å². The molecule has 16 heavy (non-hydrogen) atoms. The highest BCUT2D eigenvalue weighted by Gasteiger charge is 2.04. The van der Waals surface area contributed by atoms with E-state index in [4.69, 9.17) is 10.5 Å². The van der Waals surface area contributed by atoms with Gasteiger partial charge in [-0.3, -0.25) is 4.79 Å². The lowest BCUT2D eigenvalue weighted by atomic mass is 10.2. The number of carbonyl (C=O) groups excluding carboxylic acids is 1. The minimum atomic E-state index is -0.0614. The van der Waals surface area contributed by atoms with Crippen LogP contribution in [0.5, 0.6) is 0 Å². The van der Waals surface area contributed by atoms with Crippen LogP contribution >= 0.6 is 0 Å². The molecule has 0 spiro atoms. The predicted octanol–water partition coefficient (Wildman–Crippen LogP) is 1.34. The molecule has 5 heteroatoms. The monoisotopic (exact) mass is 223 g/mol. The normalized spacial score (nSPS) is 10.1. The fraction of sp³-hybridized carbons (Fsp3) is 0.455. The molecule has 1 aromatic rings. The summed E-state index contributed by atoms with van der Waals surface area (Å²) in [5.41, 5.74) is 7.15. The molecule has 0 saturated carbocycles. The molecule has 3 N–H and O–H groups in total. The van der Waals surface area contributed by atoms with E-state index in [0.717, 1.165) is 5.56 Å². The summed E-state index contributed by atoms with van der Waals surface area (Å²) in [6.07, 6.45) is 2.68. The number of anilines is 2. The number of nitrogen functional groups attached to an aromatic ring is 1. The van der Waals surface area contributed by atoms with E-state index in [1.165, 1.54) is 0 Å². The fourth-order valence-corrected chi connectivity index (χ4v) is 1.22. The summed E-state index contributed by atoms with van der Waals surface area (Å²) in [6, 6.07) is 1.75. The van der Waals surface area contributed by atoms with E-state index in [2.05, 4.69) is 10.3 Å². The Kier molecular flexibility index (Phi) is 4.72. The molecule has 0 saturated heterocycles. The maximum atomic E-state index is 11.4. The first-order valence-electron chi connectivity index (χ1n) is 5.14. The molecule has 0 aliphatic heterocycles. The largest absolute Gasteiger partial charge is 0.397 e. The van der Waals surface area contributed by atoms with E-state index < -0.39 is 0 Å². The topological polar surface area (TPSA) is 77.2 Å². The van der Waals surface area contributed by atoms with Gasteiger partial charge >= 0.3 is 0 Å². The predicted molar refractivity (Wildman–Crippen MR) is 63.1 cm³/mol. The summed E-state index contributed by atoms with van der Waals surface area (Å²) in [6.45, 7) is 2.46. The molecular formula is C11H17N3O2. The fourth-order valence-electron chi connectivity index (χ4n) is 1.22. The van der Waals surface area contributed by atoms with Crippen LogP contribution in [0.4, 0.5) is 11.5 Å². The quantitative estimate of drug-likeness (QED) is 0.738. The first kappa shape index (κ1) is 12.4. The molecule has 0 aliphatic carbocycles. The lowest BCUT2D eigenvalue weighted by Gasteiger charge is -2.06. The summed E-state index contributed by atoms with van der Waals surface area (Å²) in [5.74, 6) is 0.475. The van der Waals surface area contributed by atoms with Crippen LogP contribution in [-0.4, -0.2) is 24.6 Å². The van der Waals surface area contributed by atoms with Crippen LogP contribution in [0, 0.1) is 6.92 Å². The summed E-state index contributed by atoms with van der Waals surface area (Å²) >= 11 is 0. The smallest absolute Gasteiger partial charge is 0.225 e. The Morgan fingerprint density at radius 3 is 3.00 bits per heavy atom. The lowest BCUT2D eigenvalue weighted by Crippen LogP contribution is -2.13. The van der Waals surface area contributed by atoms with Crippen molar-refractivity contribution in [2.75, 3.05) is 24.8 Å². The van der Waals surface area contributed by atoms with Gasteiger partial charge in [0.05, 0.1) is 11.9 Å². The Hall–Kier alpha value is -1.62. The van der Waals surface area contributed by atoms with Crippen molar-refractivity contribution in [2.24, 2.45) is 0 Å². The van der Waals surface area contributed by atoms with Crippen molar-refractivity contribution in [3.8, 4) is 0 Å². The van der Waals surface area contributed by atoms with Crippen molar-refractivity contribution < 1.29 is 9.53 Å². The van der Waals surface area contributed by atoms with Crippen molar-refractivity contribution in [1.29, 1.82) is 0 Å². The average Bonchev–Trinajstić information content (AvgIpc) is 2.24. The van der Waals surface area contributed by atoms with Crippen LogP contribution in [0.2, 0.25) is 0 Å². The van der Waals surface area contributed by atoms with E-state index in [9.17, 15) is 4.79 Å². The van der Waals surface area contributed by atoms with E-state index in [1.807, 2.05) is 6.92 Å². The number of hydrogen-bond acceptors (Lipinski definition) is 4. The Bertz CT molecular complexity index is 366. The second-order valence-electron chi connectivity index (χ2n) is 3.57. The second kappa shape index (κ2) is 6.07. The van der Waals surface area contributed by atoms with Gasteiger partial charge < -0.3 is 15.8 Å². The van der Waals surface area contributed by atoms with Gasteiger partial charge in [0.25, 0.3) is 0 Å². The highest BCUT2D eigenvalue weighted by molar-refractivity contribution is 5.89. The zero-order valence-corrected chi connectivity index (χ0v) is 9.62. The Morgan fingerprint density at radius 1 is 1.62 bits per heavy atom. The molecule has 0 fully saturated rings. The SMILES string of the molecule is COCCCC(=O)Nc1cc(C)c(N)cn1. The Balaban J connectivity index is 2.46. The number of ether oxygens (including phenoxy) is 1. The van der Waals surface area contributed by atoms with E-state index in [-0.39, 0.29) is 5.91 Å². The van der Waals surface area contributed by atoms with Crippen LogP contribution in [0.25, 0.3) is 0 Å². The molecule has 1 rings (SSSR count). The van der Waals surface area contributed by atoms with E-state index in [1.54, 1.807) is 19.4 Å². The molecule has 0 aromatic carbocycles. The van der Waals surface area contributed by atoms with Crippen LogP contribution in [0.3, 0.4) is 0 Å². The molecule has 1 aromatic heterocycles. The van der Waals surface area contributed by atoms with E-state index in [0.29, 0.717) is 31.0 Å². The maximum absolute atomic E-state index is 11.4. The lowest BCUT2D eigenvalue weighted by molar-refractivity contribution is -0.116. The molecule has 1 heterocycles. The number of nitrogens with one attached hydrogen (secondary N) is 1. The third kappa shape index (κ3) is 3.86. The molecule has 88 valence electrons. The van der Waals surface area contributed by atoms with Crippen molar-refractivity contribution >= 4 is 17.4 Å². The minimum absolute atomic E-state index is 0.0614. The van der Waals surface area contributed by atoms with Gasteiger partial charge in [-0.1, -0.05) is 0 Å². The third-order valence-corrected chi connectivity index (χ3v) is 2.17. The number of pyridine rings is 1. The highest BCUT2D eigenvalue weighted by atomic mass is 16.5. The molecule has 0 bridgehead atoms. The number of nitrogens with zero attached hydrogens (tertiary/aromatic N) is 1. The first-order chi connectivity index (χ1) is 7.63. The Morgan fingerprint density at radius 2 is 2.38 bits per heavy atom. The molecule has 1 amide bonds. The first-order valence-corrected chi connectivity index (χ1v) is 5.14. The summed E-state index contributed by atoms with van der Waals surface area (Å²) in [7, 11) is 1.61. The molecule has 5 nitrogen and oxygen atoms in total. The van der Waals surface area contributed by atoms with Gasteiger partial charge in [0.2, 0.25) is 5.91 Å². The van der Waals surface area contributed by atoms with Gasteiger partial charge in [-0.2, -0.15) is 0 Å². The van der Waals surface area contributed by atoms with Crippen LogP contribution in [-0.2, 0) is 9.53 Å². The minimum Gasteiger partial charge on any atom is -0.397 e. The van der Waals surface area contributed by atoms with E-state index >= 15 is 0 Å². The van der Waals surface area contributed by atoms with Gasteiger partial charge in [-0.15, -0.1) is 0 Å². The zero-order chi connectivity index (χ0) is 12.0. The third-order valence-electron chi connectivity index (χ3n) is 2.17. The second-order valence-corrected chi connectivity index (χ2v) is 3.57. The average molecular weight is 223 g/mol. The van der Waals surface area contributed by atoms with Crippen LogP contribution < -0.4 is 11.1 Å². The molecule has 0 aliphatic rings. The number of amides is 1. The number of methoxy groups -OCH3 is 1. The van der Waals surface area contributed by atoms with Crippen molar-refractivity contribution in [3.05, 3.63) is 17.8 Å². The maximum Gasteiger partial charge on any atom is 0.225 e. The van der Waals surface area contributed by atoms with Crippen LogP contribution in [0.1, 0.15) is 18.4 Å². The van der Waals surface area contributed by atoms with Crippen LogP contribution in [0.15, 0.2) is 12.3 Å². The summed E-state index contributed by atoms with van der Waals surface area (Å²) in [4.78, 5) is 15.5. The van der Waals surface area contributed by atoms with Crippen molar-refractivity contribution in [3.63, 3.8) is 0 Å². The number of aromatic nitrogens is 1. The van der Waals surface area contributed by atoms with Gasteiger partial charge in [-0.05, 0) is 25.0 Å². The number of carbonyl (C=O) groups is 1. The van der Waals surface area contributed by atoms with Gasteiger partial charge in [0.15, 0.2) is 0 Å². The standard InChI is InChI=1S/C11H17N3O2/c1-8-6-10(13-7-9(8)12)14-11(15)4-3-5-16-2/h6-7H,3-5,12H2,1-2H3,(H,13,14,15). The molecule has 0 radical (unpaired) electrons. The number of aryl methyl sites for hydroxylation is 1. The molecule has 0 unspecified atom stereocenters. The van der Waals surface area contributed by atoms with Gasteiger partial charge in [0.1, 0.15) is 5.82 Å². The summed E-state index contributed by atoms with van der Waals surface area (Å²) in [5, 5.41) is 2.71. The number of nitrogens with two attached hydrogens (primary N) is 1. The molecular weight excluding hydrogens is 206 g/mol. The number of hydrogen-bond donors (Lipinski definition) is 2. The van der Waals surface area contributed by atoms with Gasteiger partial charge in [-0.25, -0.2) is 4.98 Å². The zero-order valence-electron chi connectivity index (χ0n) is 9.62. The summed E-state index contributed by atoms with van der Waals surface area (Å²) < 4.78 is 4.87. The molecule has 0 atom stereocenters. The van der Waals surface area contributed by atoms with Gasteiger partial charge in [0, 0.05) is 20.1 Å². The van der Waals surface area contributed by atoms with Crippen molar-refractivity contribution in [1.82, 2.24) is 4.98 Å².